The lowest BCUT2D eigenvalue weighted by Gasteiger charge is -2.37. The van der Waals surface area contributed by atoms with E-state index in [4.69, 9.17) is 27.9 Å². The molecule has 32 heavy (non-hydrogen) atoms. The molecular formula is C24H27Cl2N3O3. The highest BCUT2D eigenvalue weighted by molar-refractivity contribution is 6.35. The summed E-state index contributed by atoms with van der Waals surface area (Å²) in [6.07, 6.45) is 0. The maximum atomic E-state index is 13.1. The highest BCUT2D eigenvalue weighted by Gasteiger charge is 2.38. The summed E-state index contributed by atoms with van der Waals surface area (Å²) >= 11 is 12.5. The zero-order chi connectivity index (χ0) is 23.3. The Morgan fingerprint density at radius 1 is 1.12 bits per heavy atom. The minimum atomic E-state index is -0.741. The third-order valence-electron chi connectivity index (χ3n) is 5.24. The first kappa shape index (κ1) is 24.1. The van der Waals surface area contributed by atoms with Crippen molar-refractivity contribution in [3.05, 3.63) is 81.0 Å². The minimum absolute atomic E-state index is 0.219. The van der Waals surface area contributed by atoms with E-state index in [2.05, 4.69) is 10.2 Å². The molecule has 1 aliphatic rings. The molecule has 170 valence electrons. The van der Waals surface area contributed by atoms with E-state index in [1.165, 1.54) is 0 Å². The van der Waals surface area contributed by atoms with E-state index in [9.17, 15) is 9.59 Å². The van der Waals surface area contributed by atoms with E-state index in [0.29, 0.717) is 46.5 Å². The molecule has 0 aromatic heterocycles. The van der Waals surface area contributed by atoms with Gasteiger partial charge in [-0.15, -0.1) is 0 Å². The molecule has 8 heteroatoms. The molecule has 0 bridgehead atoms. The number of nitrogens with one attached hydrogen (secondary N) is 1. The number of hydrogen-bond acceptors (Lipinski definition) is 4. The fraction of sp³-hybridized carbons (Fsp3) is 0.333. The minimum Gasteiger partial charge on any atom is -0.463 e. The molecule has 1 heterocycles. The highest BCUT2D eigenvalue weighted by atomic mass is 35.5. The number of urea groups is 1. The molecular weight excluding hydrogens is 449 g/mol. The molecule has 1 N–H and O–H groups in total. The van der Waals surface area contributed by atoms with Crippen LogP contribution in [0.1, 0.15) is 31.0 Å². The molecule has 0 saturated heterocycles. The first-order chi connectivity index (χ1) is 15.3. The van der Waals surface area contributed by atoms with Crippen molar-refractivity contribution in [1.29, 1.82) is 0 Å². The average molecular weight is 476 g/mol. The van der Waals surface area contributed by atoms with Gasteiger partial charge in [-0.05, 0) is 44.2 Å². The number of carbonyl (C=O) groups excluding carboxylic acids is 2. The van der Waals surface area contributed by atoms with Crippen LogP contribution >= 0.6 is 23.2 Å². The molecule has 0 radical (unpaired) electrons. The number of carbonyl (C=O) groups is 2. The summed E-state index contributed by atoms with van der Waals surface area (Å²) in [6.45, 7) is 5.29. The SMILES string of the molecule is CCOC(=O)C1=C(CN(C)Cc2ccccc2)N(CC)C(=O)NC1c1ccc(Cl)cc1Cl. The summed E-state index contributed by atoms with van der Waals surface area (Å²) < 4.78 is 5.39. The van der Waals surface area contributed by atoms with Gasteiger partial charge in [0.1, 0.15) is 0 Å². The molecule has 1 unspecified atom stereocenters. The number of benzene rings is 2. The fourth-order valence-corrected chi connectivity index (χ4v) is 4.35. The van der Waals surface area contributed by atoms with Gasteiger partial charge in [-0.2, -0.15) is 0 Å². The number of nitrogens with zero attached hydrogens (tertiary/aromatic N) is 2. The third kappa shape index (κ3) is 5.44. The quantitative estimate of drug-likeness (QED) is 0.543. The molecule has 0 saturated carbocycles. The zero-order valence-corrected chi connectivity index (χ0v) is 19.9. The van der Waals surface area contributed by atoms with Crippen molar-refractivity contribution < 1.29 is 14.3 Å². The maximum Gasteiger partial charge on any atom is 0.338 e. The molecule has 0 spiro atoms. The fourth-order valence-electron chi connectivity index (χ4n) is 3.83. The van der Waals surface area contributed by atoms with Crippen molar-refractivity contribution in [2.75, 3.05) is 26.7 Å². The number of rotatable bonds is 8. The molecule has 2 aromatic rings. The van der Waals surface area contributed by atoms with Gasteiger partial charge in [0.25, 0.3) is 0 Å². The van der Waals surface area contributed by atoms with Crippen LogP contribution in [0.15, 0.2) is 59.8 Å². The molecule has 3 rings (SSSR count). The maximum absolute atomic E-state index is 13.1. The van der Waals surface area contributed by atoms with Crippen LogP contribution < -0.4 is 5.32 Å². The number of halogens is 2. The van der Waals surface area contributed by atoms with Gasteiger partial charge in [-0.25, -0.2) is 9.59 Å². The average Bonchev–Trinajstić information content (AvgIpc) is 2.74. The van der Waals surface area contributed by atoms with Crippen LogP contribution in [0.4, 0.5) is 4.79 Å². The Morgan fingerprint density at radius 2 is 1.84 bits per heavy atom. The summed E-state index contributed by atoms with van der Waals surface area (Å²) in [7, 11) is 1.95. The predicted molar refractivity (Wildman–Crippen MR) is 127 cm³/mol. The van der Waals surface area contributed by atoms with Gasteiger partial charge < -0.3 is 10.1 Å². The lowest BCUT2D eigenvalue weighted by molar-refractivity contribution is -0.139. The van der Waals surface area contributed by atoms with Gasteiger partial charge >= 0.3 is 12.0 Å². The van der Waals surface area contributed by atoms with Gasteiger partial charge in [0.15, 0.2) is 0 Å². The molecule has 2 aromatic carbocycles. The summed E-state index contributed by atoms with van der Waals surface area (Å²) in [5, 5.41) is 3.76. The van der Waals surface area contributed by atoms with E-state index >= 15 is 0 Å². The van der Waals surface area contributed by atoms with E-state index < -0.39 is 12.0 Å². The predicted octanol–water partition coefficient (Wildman–Crippen LogP) is 5.03. The van der Waals surface area contributed by atoms with Crippen molar-refractivity contribution in [1.82, 2.24) is 15.1 Å². The Hall–Kier alpha value is -2.54. The second-order valence-electron chi connectivity index (χ2n) is 7.53. The lowest BCUT2D eigenvalue weighted by atomic mass is 9.94. The monoisotopic (exact) mass is 475 g/mol. The second kappa shape index (κ2) is 10.9. The normalized spacial score (nSPS) is 16.4. The molecule has 0 aliphatic carbocycles. The van der Waals surface area contributed by atoms with E-state index in [0.717, 1.165) is 5.56 Å². The van der Waals surface area contributed by atoms with E-state index in [1.54, 1.807) is 30.0 Å². The van der Waals surface area contributed by atoms with E-state index in [-0.39, 0.29) is 12.6 Å². The Balaban J connectivity index is 2.07. The van der Waals surface area contributed by atoms with Crippen LogP contribution in [-0.4, -0.2) is 48.5 Å². The van der Waals surface area contributed by atoms with Crippen LogP contribution in [0.5, 0.6) is 0 Å². The van der Waals surface area contributed by atoms with Crippen molar-refractivity contribution in [2.45, 2.75) is 26.4 Å². The Morgan fingerprint density at radius 3 is 2.47 bits per heavy atom. The number of amides is 2. The molecule has 6 nitrogen and oxygen atoms in total. The zero-order valence-electron chi connectivity index (χ0n) is 18.4. The molecule has 0 fully saturated rings. The van der Waals surface area contributed by atoms with E-state index in [1.807, 2.05) is 44.3 Å². The summed E-state index contributed by atoms with van der Waals surface area (Å²) in [5.74, 6) is -0.481. The van der Waals surface area contributed by atoms with Crippen molar-refractivity contribution in [3.8, 4) is 0 Å². The van der Waals surface area contributed by atoms with Gasteiger partial charge in [0.05, 0.1) is 18.2 Å². The summed E-state index contributed by atoms with van der Waals surface area (Å²) in [6, 6.07) is 14.0. The molecule has 1 aliphatic heterocycles. The summed E-state index contributed by atoms with van der Waals surface area (Å²) in [5.41, 5.74) is 2.70. The topological polar surface area (TPSA) is 61.9 Å². The third-order valence-corrected chi connectivity index (χ3v) is 5.80. The first-order valence-corrected chi connectivity index (χ1v) is 11.3. The number of esters is 1. The Bertz CT molecular complexity index is 1010. The largest absolute Gasteiger partial charge is 0.463 e. The number of likely N-dealkylation sites (N-methyl/N-ethyl adjacent to an activating group) is 2. The van der Waals surface area contributed by atoms with Crippen LogP contribution in [0.25, 0.3) is 0 Å². The van der Waals surface area contributed by atoms with Crippen LogP contribution in [-0.2, 0) is 16.1 Å². The van der Waals surface area contributed by atoms with Gasteiger partial charge in [0, 0.05) is 35.4 Å². The summed E-state index contributed by atoms with van der Waals surface area (Å²) in [4.78, 5) is 29.8. The van der Waals surface area contributed by atoms with Gasteiger partial charge in [0.2, 0.25) is 0 Å². The molecule has 1 atom stereocenters. The standard InChI is InChI=1S/C24H27Cl2N3O3/c1-4-29-20(15-28(3)14-16-9-7-6-8-10-16)21(23(30)32-5-2)22(27-24(29)31)18-12-11-17(25)13-19(18)26/h6-13,22H,4-5,14-15H2,1-3H3,(H,27,31). The van der Waals surface area contributed by atoms with Gasteiger partial charge in [-0.1, -0.05) is 59.6 Å². The molecule has 2 amide bonds. The lowest BCUT2D eigenvalue weighted by Crippen LogP contribution is -2.50. The van der Waals surface area contributed by atoms with Crippen LogP contribution in [0.2, 0.25) is 10.0 Å². The number of ether oxygens (including phenoxy) is 1. The number of hydrogen-bond donors (Lipinski definition) is 1. The van der Waals surface area contributed by atoms with Crippen LogP contribution in [0, 0.1) is 0 Å². The van der Waals surface area contributed by atoms with Crippen molar-refractivity contribution in [2.24, 2.45) is 0 Å². The van der Waals surface area contributed by atoms with Crippen LogP contribution in [0.3, 0.4) is 0 Å². The smallest absolute Gasteiger partial charge is 0.338 e. The Labute approximate surface area is 198 Å². The first-order valence-electron chi connectivity index (χ1n) is 10.5. The van der Waals surface area contributed by atoms with Gasteiger partial charge in [-0.3, -0.25) is 9.80 Å². The highest BCUT2D eigenvalue weighted by Crippen LogP contribution is 2.36. The Kier molecular flexibility index (Phi) is 8.18. The second-order valence-corrected chi connectivity index (χ2v) is 8.37. The van der Waals surface area contributed by atoms with Crippen molar-refractivity contribution in [3.63, 3.8) is 0 Å². The van der Waals surface area contributed by atoms with Crippen molar-refractivity contribution >= 4 is 35.2 Å².